The molecule has 0 aliphatic carbocycles. The number of nitrogens with one attached hydrogen (secondary N) is 1. The largest absolute Gasteiger partial charge is 0.492 e. The Morgan fingerprint density at radius 3 is 2.62 bits per heavy atom. The molecule has 0 bridgehead atoms. The number of ether oxygens (including phenoxy) is 1. The number of aryl methyl sites for hydroxylation is 1. The van der Waals surface area contributed by atoms with Crippen molar-refractivity contribution in [2.75, 3.05) is 11.9 Å². The molecule has 1 unspecified atom stereocenters. The van der Waals surface area contributed by atoms with Gasteiger partial charge in [-0.25, -0.2) is 0 Å². The van der Waals surface area contributed by atoms with Crippen molar-refractivity contribution in [2.45, 2.75) is 19.3 Å². The average Bonchev–Trinajstić information content (AvgIpc) is 2.60. The van der Waals surface area contributed by atoms with Crippen LogP contribution in [0.2, 0.25) is 0 Å². The molecule has 1 amide bonds. The number of rotatable bonds is 5. The lowest BCUT2D eigenvalue weighted by atomic mass is 9.96. The summed E-state index contributed by atoms with van der Waals surface area (Å²) >= 11 is 0. The predicted octanol–water partition coefficient (Wildman–Crippen LogP) is 2.89. The molecule has 2 aromatic carbocycles. The SMILES string of the molecule is O=C(O)CCc1ccc(NC(=O)C2COc3ccccc3C2)cc1. The zero-order chi connectivity index (χ0) is 16.9. The first-order valence-electron chi connectivity index (χ1n) is 7.94. The van der Waals surface area contributed by atoms with Gasteiger partial charge in [-0.15, -0.1) is 0 Å². The van der Waals surface area contributed by atoms with Crippen molar-refractivity contribution in [3.63, 3.8) is 0 Å². The molecule has 0 saturated carbocycles. The molecule has 1 atom stereocenters. The van der Waals surface area contributed by atoms with E-state index in [4.69, 9.17) is 9.84 Å². The summed E-state index contributed by atoms with van der Waals surface area (Å²) in [5, 5.41) is 11.6. The number of carbonyl (C=O) groups is 2. The molecule has 3 rings (SSSR count). The third-order valence-corrected chi connectivity index (χ3v) is 4.10. The van der Waals surface area contributed by atoms with Crippen molar-refractivity contribution in [1.29, 1.82) is 0 Å². The van der Waals surface area contributed by atoms with Crippen LogP contribution in [-0.4, -0.2) is 23.6 Å². The molecule has 5 nitrogen and oxygen atoms in total. The molecule has 124 valence electrons. The average molecular weight is 325 g/mol. The Labute approximate surface area is 140 Å². The fourth-order valence-corrected chi connectivity index (χ4v) is 2.75. The molecule has 24 heavy (non-hydrogen) atoms. The highest BCUT2D eigenvalue weighted by Crippen LogP contribution is 2.27. The van der Waals surface area contributed by atoms with Crippen LogP contribution in [-0.2, 0) is 22.4 Å². The van der Waals surface area contributed by atoms with Gasteiger partial charge in [0, 0.05) is 12.1 Å². The monoisotopic (exact) mass is 325 g/mol. The van der Waals surface area contributed by atoms with E-state index in [1.165, 1.54) is 0 Å². The first-order chi connectivity index (χ1) is 11.6. The van der Waals surface area contributed by atoms with Gasteiger partial charge in [0.15, 0.2) is 0 Å². The summed E-state index contributed by atoms with van der Waals surface area (Å²) < 4.78 is 5.65. The van der Waals surface area contributed by atoms with E-state index < -0.39 is 5.97 Å². The lowest BCUT2D eigenvalue weighted by Gasteiger charge is -2.24. The molecule has 1 aliphatic heterocycles. The Kier molecular flexibility index (Phi) is 4.79. The number of fused-ring (bicyclic) bond motifs is 1. The molecule has 2 N–H and O–H groups in total. The van der Waals surface area contributed by atoms with Crippen molar-refractivity contribution < 1.29 is 19.4 Å². The van der Waals surface area contributed by atoms with Gasteiger partial charge in [0.1, 0.15) is 12.4 Å². The Bertz CT molecular complexity index is 739. The molecule has 0 saturated heterocycles. The predicted molar refractivity (Wildman–Crippen MR) is 90.2 cm³/mol. The van der Waals surface area contributed by atoms with Crippen molar-refractivity contribution in [1.82, 2.24) is 0 Å². The van der Waals surface area contributed by atoms with Gasteiger partial charge in [-0.1, -0.05) is 30.3 Å². The van der Waals surface area contributed by atoms with E-state index in [-0.39, 0.29) is 18.2 Å². The number of carbonyl (C=O) groups excluding carboxylic acids is 1. The molecule has 1 aliphatic rings. The Hall–Kier alpha value is -2.82. The van der Waals surface area contributed by atoms with Crippen molar-refractivity contribution in [2.24, 2.45) is 5.92 Å². The lowest BCUT2D eigenvalue weighted by molar-refractivity contribution is -0.137. The standard InChI is InChI=1S/C19H19NO4/c21-18(22)10-7-13-5-8-16(9-6-13)20-19(23)15-11-14-3-1-2-4-17(14)24-12-15/h1-6,8-9,15H,7,10-12H2,(H,20,23)(H,21,22). The number of hydrogen-bond donors (Lipinski definition) is 2. The van der Waals surface area contributed by atoms with Crippen LogP contribution < -0.4 is 10.1 Å². The highest BCUT2D eigenvalue weighted by atomic mass is 16.5. The van der Waals surface area contributed by atoms with Crippen LogP contribution in [0.4, 0.5) is 5.69 Å². The highest BCUT2D eigenvalue weighted by molar-refractivity contribution is 5.93. The van der Waals surface area contributed by atoms with Crippen LogP contribution in [0, 0.1) is 5.92 Å². The minimum atomic E-state index is -0.815. The zero-order valence-electron chi connectivity index (χ0n) is 13.2. The Morgan fingerprint density at radius 1 is 1.12 bits per heavy atom. The van der Waals surface area contributed by atoms with Crippen LogP contribution in [0.25, 0.3) is 0 Å². The molecular formula is C19H19NO4. The lowest BCUT2D eigenvalue weighted by Crippen LogP contribution is -2.32. The summed E-state index contributed by atoms with van der Waals surface area (Å²) in [6.45, 7) is 0.375. The zero-order valence-corrected chi connectivity index (χ0v) is 13.2. The summed E-state index contributed by atoms with van der Waals surface area (Å²) in [6.07, 6.45) is 1.25. The van der Waals surface area contributed by atoms with Crippen LogP contribution in [0.15, 0.2) is 48.5 Å². The fourth-order valence-electron chi connectivity index (χ4n) is 2.75. The number of benzene rings is 2. The van der Waals surface area contributed by atoms with Gasteiger partial charge in [-0.2, -0.15) is 0 Å². The highest BCUT2D eigenvalue weighted by Gasteiger charge is 2.25. The van der Waals surface area contributed by atoms with E-state index in [9.17, 15) is 9.59 Å². The molecule has 5 heteroatoms. The van der Waals surface area contributed by atoms with E-state index >= 15 is 0 Å². The third-order valence-electron chi connectivity index (χ3n) is 4.10. The number of aliphatic carboxylic acids is 1. The first kappa shape index (κ1) is 16.1. The van der Waals surface area contributed by atoms with Gasteiger partial charge in [-0.3, -0.25) is 9.59 Å². The topological polar surface area (TPSA) is 75.6 Å². The number of carboxylic acid groups (broad SMARTS) is 1. The smallest absolute Gasteiger partial charge is 0.303 e. The van der Waals surface area contributed by atoms with Gasteiger partial charge >= 0.3 is 5.97 Å². The number of amides is 1. The van der Waals surface area contributed by atoms with Gasteiger partial charge < -0.3 is 15.2 Å². The van der Waals surface area contributed by atoms with Crippen molar-refractivity contribution in [3.8, 4) is 5.75 Å². The van der Waals surface area contributed by atoms with Crippen LogP contribution in [0.3, 0.4) is 0 Å². The molecule has 0 fully saturated rings. The van der Waals surface area contributed by atoms with Gasteiger partial charge in [0.2, 0.25) is 5.91 Å². The maximum atomic E-state index is 12.4. The quantitative estimate of drug-likeness (QED) is 0.886. The maximum Gasteiger partial charge on any atom is 0.303 e. The fraction of sp³-hybridized carbons (Fsp3) is 0.263. The van der Waals surface area contributed by atoms with Gasteiger partial charge in [0.05, 0.1) is 5.92 Å². The second-order valence-corrected chi connectivity index (χ2v) is 5.90. The van der Waals surface area contributed by atoms with Crippen molar-refractivity contribution in [3.05, 3.63) is 59.7 Å². The molecule has 2 aromatic rings. The van der Waals surface area contributed by atoms with Crippen molar-refractivity contribution >= 4 is 17.6 Å². The number of para-hydroxylation sites is 1. The minimum Gasteiger partial charge on any atom is -0.492 e. The molecule has 0 aromatic heterocycles. The molecule has 1 heterocycles. The first-order valence-corrected chi connectivity index (χ1v) is 7.94. The molecule has 0 radical (unpaired) electrons. The number of anilines is 1. The summed E-state index contributed by atoms with van der Waals surface area (Å²) in [4.78, 5) is 23.0. The second kappa shape index (κ2) is 7.17. The summed E-state index contributed by atoms with van der Waals surface area (Å²) in [6, 6.07) is 15.0. The minimum absolute atomic E-state index is 0.0669. The van der Waals surface area contributed by atoms with Crippen LogP contribution in [0.1, 0.15) is 17.5 Å². The van der Waals surface area contributed by atoms with Gasteiger partial charge in [0.25, 0.3) is 0 Å². The second-order valence-electron chi connectivity index (χ2n) is 5.90. The normalized spacial score (nSPS) is 15.9. The van der Waals surface area contributed by atoms with E-state index in [0.717, 1.165) is 16.9 Å². The number of carboxylic acids is 1. The third kappa shape index (κ3) is 3.93. The van der Waals surface area contributed by atoms with E-state index in [2.05, 4.69) is 5.32 Å². The van der Waals surface area contributed by atoms with Crippen LogP contribution >= 0.6 is 0 Å². The summed E-state index contributed by atoms with van der Waals surface area (Å²) in [5.74, 6) is -0.247. The molecular weight excluding hydrogens is 306 g/mol. The van der Waals surface area contributed by atoms with E-state index in [1.807, 2.05) is 36.4 Å². The number of hydrogen-bond acceptors (Lipinski definition) is 3. The Balaban J connectivity index is 1.58. The summed E-state index contributed by atoms with van der Waals surface area (Å²) in [7, 11) is 0. The Morgan fingerprint density at radius 2 is 1.88 bits per heavy atom. The van der Waals surface area contributed by atoms with E-state index in [1.54, 1.807) is 12.1 Å². The van der Waals surface area contributed by atoms with Crippen LogP contribution in [0.5, 0.6) is 5.75 Å². The summed E-state index contributed by atoms with van der Waals surface area (Å²) in [5.41, 5.74) is 2.69. The van der Waals surface area contributed by atoms with E-state index in [0.29, 0.717) is 25.1 Å². The maximum absolute atomic E-state index is 12.4. The van der Waals surface area contributed by atoms with Gasteiger partial charge in [-0.05, 0) is 42.2 Å². The molecule has 0 spiro atoms.